The molecule has 1 fully saturated rings. The van der Waals surface area contributed by atoms with Crippen LogP contribution in [0, 0.1) is 0 Å². The molecular formula is C15H26N2OS. The number of hydrogen-bond donors (Lipinski definition) is 1. The van der Waals surface area contributed by atoms with Crippen LogP contribution in [0.4, 0.5) is 0 Å². The van der Waals surface area contributed by atoms with Crippen LogP contribution in [-0.4, -0.2) is 35.2 Å². The molecule has 2 rings (SSSR count). The van der Waals surface area contributed by atoms with Crippen LogP contribution in [0.15, 0.2) is 16.8 Å². The molecule has 0 amide bonds. The molecule has 2 unspecified atom stereocenters. The Bertz CT molecular complexity index is 396. The summed E-state index contributed by atoms with van der Waals surface area (Å²) in [5.74, 6) is 0. The van der Waals surface area contributed by atoms with Crippen LogP contribution in [0.2, 0.25) is 0 Å². The SMILES string of the molecule is CC(N)C(c1ccsc1)N1CC(C)(C)OC(C)(C)C1. The van der Waals surface area contributed by atoms with Crippen LogP contribution in [0.3, 0.4) is 0 Å². The second-order valence-electron chi connectivity index (χ2n) is 6.89. The second kappa shape index (κ2) is 5.17. The van der Waals surface area contributed by atoms with E-state index in [4.69, 9.17) is 10.5 Å². The van der Waals surface area contributed by atoms with Gasteiger partial charge in [0.1, 0.15) is 0 Å². The van der Waals surface area contributed by atoms with E-state index in [1.165, 1.54) is 5.56 Å². The highest BCUT2D eigenvalue weighted by Crippen LogP contribution is 2.35. The molecule has 0 radical (unpaired) electrons. The minimum atomic E-state index is -0.134. The summed E-state index contributed by atoms with van der Waals surface area (Å²) in [5.41, 5.74) is 7.32. The first-order chi connectivity index (χ1) is 8.70. The number of hydrogen-bond acceptors (Lipinski definition) is 4. The molecule has 0 bridgehead atoms. The van der Waals surface area contributed by atoms with E-state index in [0.29, 0.717) is 0 Å². The van der Waals surface area contributed by atoms with Gasteiger partial charge in [-0.15, -0.1) is 0 Å². The van der Waals surface area contributed by atoms with Crippen molar-refractivity contribution in [2.24, 2.45) is 5.73 Å². The Balaban J connectivity index is 2.27. The van der Waals surface area contributed by atoms with Crippen molar-refractivity contribution in [3.63, 3.8) is 0 Å². The van der Waals surface area contributed by atoms with Crippen molar-refractivity contribution in [3.05, 3.63) is 22.4 Å². The molecule has 1 aromatic rings. The maximum Gasteiger partial charge on any atom is 0.0761 e. The zero-order chi connectivity index (χ0) is 14.3. The first kappa shape index (κ1) is 15.0. The minimum absolute atomic E-state index is 0.110. The van der Waals surface area contributed by atoms with Gasteiger partial charge in [-0.3, -0.25) is 4.90 Å². The van der Waals surface area contributed by atoms with Gasteiger partial charge in [-0.1, -0.05) is 0 Å². The molecule has 0 saturated carbocycles. The lowest BCUT2D eigenvalue weighted by atomic mass is 9.93. The fraction of sp³-hybridized carbons (Fsp3) is 0.733. The lowest BCUT2D eigenvalue weighted by Crippen LogP contribution is -2.59. The van der Waals surface area contributed by atoms with E-state index in [2.05, 4.69) is 56.3 Å². The molecule has 0 aromatic carbocycles. The summed E-state index contributed by atoms with van der Waals surface area (Å²) in [4.78, 5) is 2.48. The summed E-state index contributed by atoms with van der Waals surface area (Å²) in [7, 11) is 0. The van der Waals surface area contributed by atoms with Gasteiger partial charge in [0.05, 0.1) is 17.2 Å². The van der Waals surface area contributed by atoms with Gasteiger partial charge in [0.25, 0.3) is 0 Å². The number of rotatable bonds is 3. The molecule has 1 saturated heterocycles. The summed E-state index contributed by atoms with van der Waals surface area (Å²) in [6.07, 6.45) is 0. The zero-order valence-corrected chi connectivity index (χ0v) is 13.5. The standard InChI is InChI=1S/C15H26N2OS/c1-11(16)13(12-6-7-19-8-12)17-9-14(2,3)18-15(4,5)10-17/h6-8,11,13H,9-10,16H2,1-5H3. The Kier molecular flexibility index (Phi) is 4.07. The van der Waals surface area contributed by atoms with E-state index in [1.807, 2.05) is 0 Å². The van der Waals surface area contributed by atoms with Gasteiger partial charge >= 0.3 is 0 Å². The van der Waals surface area contributed by atoms with Crippen molar-refractivity contribution in [2.45, 2.75) is 57.9 Å². The molecule has 108 valence electrons. The third kappa shape index (κ3) is 3.57. The lowest BCUT2D eigenvalue weighted by molar-refractivity contribution is -0.189. The summed E-state index contributed by atoms with van der Waals surface area (Å²) in [6.45, 7) is 12.6. The third-order valence-corrected chi connectivity index (χ3v) is 4.20. The molecular weight excluding hydrogens is 256 g/mol. The van der Waals surface area contributed by atoms with Crippen molar-refractivity contribution in [1.29, 1.82) is 0 Å². The smallest absolute Gasteiger partial charge is 0.0761 e. The van der Waals surface area contributed by atoms with Gasteiger partial charge in [-0.25, -0.2) is 0 Å². The van der Waals surface area contributed by atoms with E-state index < -0.39 is 0 Å². The van der Waals surface area contributed by atoms with Crippen LogP contribution in [0.1, 0.15) is 46.2 Å². The van der Waals surface area contributed by atoms with E-state index in [9.17, 15) is 0 Å². The Morgan fingerprint density at radius 2 is 1.84 bits per heavy atom. The maximum absolute atomic E-state index is 6.26. The van der Waals surface area contributed by atoms with E-state index in [0.717, 1.165) is 13.1 Å². The third-order valence-electron chi connectivity index (χ3n) is 3.50. The van der Waals surface area contributed by atoms with Crippen molar-refractivity contribution < 1.29 is 4.74 Å². The average Bonchev–Trinajstić information content (AvgIpc) is 2.64. The second-order valence-corrected chi connectivity index (χ2v) is 7.67. The Morgan fingerprint density at radius 3 is 2.26 bits per heavy atom. The van der Waals surface area contributed by atoms with Crippen LogP contribution in [0.25, 0.3) is 0 Å². The average molecular weight is 282 g/mol. The molecule has 2 heterocycles. The predicted molar refractivity (Wildman–Crippen MR) is 81.5 cm³/mol. The Morgan fingerprint density at radius 1 is 1.26 bits per heavy atom. The molecule has 3 nitrogen and oxygen atoms in total. The summed E-state index contributed by atoms with van der Waals surface area (Å²) < 4.78 is 6.16. The maximum atomic E-state index is 6.26. The quantitative estimate of drug-likeness (QED) is 0.926. The van der Waals surface area contributed by atoms with E-state index >= 15 is 0 Å². The number of nitrogens with zero attached hydrogens (tertiary/aromatic N) is 1. The molecule has 1 aliphatic rings. The molecule has 2 N–H and O–H groups in total. The highest BCUT2D eigenvalue weighted by atomic mass is 32.1. The van der Waals surface area contributed by atoms with E-state index in [-0.39, 0.29) is 23.3 Å². The number of thiophene rings is 1. The predicted octanol–water partition coefficient (Wildman–Crippen LogP) is 3.03. The summed E-state index contributed by atoms with van der Waals surface area (Å²) in [6, 6.07) is 2.57. The molecule has 19 heavy (non-hydrogen) atoms. The van der Waals surface area contributed by atoms with Gasteiger partial charge < -0.3 is 10.5 Å². The molecule has 0 aliphatic carbocycles. The molecule has 2 atom stereocenters. The van der Waals surface area contributed by atoms with Gasteiger partial charge in [0.15, 0.2) is 0 Å². The molecule has 4 heteroatoms. The highest BCUT2D eigenvalue weighted by Gasteiger charge is 2.41. The number of nitrogens with two attached hydrogens (primary N) is 1. The topological polar surface area (TPSA) is 38.5 Å². The van der Waals surface area contributed by atoms with Crippen LogP contribution in [0.5, 0.6) is 0 Å². The molecule has 0 spiro atoms. The normalized spacial score (nSPS) is 26.0. The van der Waals surface area contributed by atoms with Crippen LogP contribution < -0.4 is 5.73 Å². The monoisotopic (exact) mass is 282 g/mol. The zero-order valence-electron chi connectivity index (χ0n) is 12.6. The number of ether oxygens (including phenoxy) is 1. The van der Waals surface area contributed by atoms with Crippen molar-refractivity contribution in [2.75, 3.05) is 13.1 Å². The van der Waals surface area contributed by atoms with Crippen molar-refractivity contribution in [3.8, 4) is 0 Å². The summed E-state index contributed by atoms with van der Waals surface area (Å²) >= 11 is 1.74. The first-order valence-corrected chi connectivity index (χ1v) is 7.86. The minimum Gasteiger partial charge on any atom is -0.367 e. The van der Waals surface area contributed by atoms with Crippen LogP contribution in [-0.2, 0) is 4.74 Å². The molecule has 1 aromatic heterocycles. The fourth-order valence-corrected chi connectivity index (χ4v) is 4.02. The van der Waals surface area contributed by atoms with Crippen LogP contribution >= 0.6 is 11.3 Å². The lowest BCUT2D eigenvalue weighted by Gasteiger charge is -2.50. The van der Waals surface area contributed by atoms with Crippen molar-refractivity contribution in [1.82, 2.24) is 4.90 Å². The van der Waals surface area contributed by atoms with Crippen molar-refractivity contribution >= 4 is 11.3 Å². The Labute approximate surface area is 120 Å². The fourth-order valence-electron chi connectivity index (χ4n) is 3.33. The largest absolute Gasteiger partial charge is 0.367 e. The van der Waals surface area contributed by atoms with Gasteiger partial charge in [-0.05, 0) is 57.0 Å². The van der Waals surface area contributed by atoms with Gasteiger partial charge in [-0.2, -0.15) is 11.3 Å². The van der Waals surface area contributed by atoms with E-state index in [1.54, 1.807) is 11.3 Å². The summed E-state index contributed by atoms with van der Waals surface area (Å²) in [5, 5.41) is 4.34. The number of morpholine rings is 1. The molecule has 1 aliphatic heterocycles. The van der Waals surface area contributed by atoms with Gasteiger partial charge in [0, 0.05) is 19.1 Å². The highest BCUT2D eigenvalue weighted by molar-refractivity contribution is 7.07. The Hall–Kier alpha value is -0.420. The first-order valence-electron chi connectivity index (χ1n) is 6.92. The van der Waals surface area contributed by atoms with Gasteiger partial charge in [0.2, 0.25) is 0 Å².